The molecule has 2 rings (SSSR count). The summed E-state index contributed by atoms with van der Waals surface area (Å²) in [6.45, 7) is 9.83. The Morgan fingerprint density at radius 1 is 1.28 bits per heavy atom. The van der Waals surface area contributed by atoms with Crippen LogP contribution in [0.4, 0.5) is 0 Å². The van der Waals surface area contributed by atoms with Gasteiger partial charge < -0.3 is 14.4 Å². The van der Waals surface area contributed by atoms with Crippen LogP contribution in [0, 0.1) is 0 Å². The van der Waals surface area contributed by atoms with Crippen LogP contribution in [0.5, 0.6) is 11.5 Å². The van der Waals surface area contributed by atoms with Crippen molar-refractivity contribution in [3.63, 3.8) is 0 Å². The molecule has 0 aromatic heterocycles. The van der Waals surface area contributed by atoms with Gasteiger partial charge in [-0.3, -0.25) is 9.69 Å². The molecule has 1 unspecified atom stereocenters. The fourth-order valence-electron chi connectivity index (χ4n) is 3.32. The molecule has 0 aliphatic carbocycles. The van der Waals surface area contributed by atoms with Crippen LogP contribution in [0.2, 0.25) is 0 Å². The van der Waals surface area contributed by atoms with Crippen molar-refractivity contribution < 1.29 is 14.3 Å². The Morgan fingerprint density at radius 3 is 2.60 bits per heavy atom. The number of carbonyl (C=O) groups is 1. The summed E-state index contributed by atoms with van der Waals surface area (Å²) in [7, 11) is 3.31. The lowest BCUT2D eigenvalue weighted by Gasteiger charge is -2.28. The predicted molar refractivity (Wildman–Crippen MR) is 100 cm³/mol. The summed E-state index contributed by atoms with van der Waals surface area (Å²) in [4.78, 5) is 16.6. The number of nitrogens with zero attached hydrogens (tertiary/aromatic N) is 2. The Morgan fingerprint density at radius 2 is 2.00 bits per heavy atom. The third-order valence-electron chi connectivity index (χ3n) is 4.55. The maximum absolute atomic E-state index is 12.6. The zero-order valence-electron chi connectivity index (χ0n) is 15.2. The maximum Gasteiger partial charge on any atom is 0.237 e. The van der Waals surface area contributed by atoms with E-state index < -0.39 is 0 Å². The number of benzene rings is 1. The van der Waals surface area contributed by atoms with E-state index in [9.17, 15) is 4.79 Å². The predicted octanol–water partition coefficient (Wildman–Crippen LogP) is 3.04. The highest BCUT2D eigenvalue weighted by molar-refractivity contribution is 5.78. The molecule has 1 amide bonds. The van der Waals surface area contributed by atoms with Crippen molar-refractivity contribution in [3.8, 4) is 11.5 Å². The van der Waals surface area contributed by atoms with Crippen molar-refractivity contribution in [2.75, 3.05) is 40.4 Å². The Labute approximate surface area is 150 Å². The molecule has 0 spiro atoms. The molecule has 0 radical (unpaired) electrons. The zero-order chi connectivity index (χ0) is 18.2. The molecular weight excluding hydrogens is 316 g/mol. The molecule has 25 heavy (non-hydrogen) atoms. The van der Waals surface area contributed by atoms with Crippen LogP contribution >= 0.6 is 0 Å². The summed E-state index contributed by atoms with van der Waals surface area (Å²) in [6.07, 6.45) is 5.57. The van der Waals surface area contributed by atoms with Crippen LogP contribution in [0.25, 0.3) is 0 Å². The highest BCUT2D eigenvalue weighted by Crippen LogP contribution is 2.38. The van der Waals surface area contributed by atoms with E-state index in [2.05, 4.69) is 18.1 Å². The van der Waals surface area contributed by atoms with Crippen LogP contribution in [0.1, 0.15) is 24.4 Å². The maximum atomic E-state index is 12.6. The Kier molecular flexibility index (Phi) is 7.07. The van der Waals surface area contributed by atoms with Gasteiger partial charge in [-0.05, 0) is 25.5 Å². The first-order valence-electron chi connectivity index (χ1n) is 8.60. The number of carbonyl (C=O) groups excluding carboxylic acids is 1. The second kappa shape index (κ2) is 9.28. The Bertz CT molecular complexity index is 605. The molecule has 5 nitrogen and oxygen atoms in total. The van der Waals surface area contributed by atoms with Gasteiger partial charge in [0, 0.05) is 30.8 Å². The van der Waals surface area contributed by atoms with Crippen molar-refractivity contribution in [1.82, 2.24) is 9.80 Å². The van der Waals surface area contributed by atoms with E-state index in [0.29, 0.717) is 19.6 Å². The minimum atomic E-state index is 0.0965. The number of hydrogen-bond donors (Lipinski definition) is 0. The third kappa shape index (κ3) is 4.63. The number of amides is 1. The standard InChI is InChI=1S/C20H28N2O3/c1-5-11-21(12-6-2)20(23)15-22-13-7-8-18(22)17-10-9-16(24-3)14-19(17)25-4/h5-6,9-10,14,18H,1-2,7-8,11-13,15H2,3-4H3. The summed E-state index contributed by atoms with van der Waals surface area (Å²) in [5, 5.41) is 0. The second-order valence-electron chi connectivity index (χ2n) is 6.11. The molecule has 1 aromatic carbocycles. The minimum Gasteiger partial charge on any atom is -0.497 e. The fraction of sp³-hybridized carbons (Fsp3) is 0.450. The number of methoxy groups -OCH3 is 2. The number of ether oxygens (including phenoxy) is 2. The van der Waals surface area contributed by atoms with Crippen molar-refractivity contribution in [2.24, 2.45) is 0 Å². The normalized spacial score (nSPS) is 17.1. The van der Waals surface area contributed by atoms with Gasteiger partial charge in [0.25, 0.3) is 0 Å². The van der Waals surface area contributed by atoms with Crippen molar-refractivity contribution in [3.05, 3.63) is 49.1 Å². The van der Waals surface area contributed by atoms with Gasteiger partial charge in [-0.15, -0.1) is 13.2 Å². The molecule has 0 bridgehead atoms. The van der Waals surface area contributed by atoms with Gasteiger partial charge in [0.05, 0.1) is 20.8 Å². The van der Waals surface area contributed by atoms with Gasteiger partial charge in [-0.2, -0.15) is 0 Å². The number of hydrogen-bond acceptors (Lipinski definition) is 4. The van der Waals surface area contributed by atoms with Crippen LogP contribution in [0.15, 0.2) is 43.5 Å². The van der Waals surface area contributed by atoms with Crippen molar-refractivity contribution in [2.45, 2.75) is 18.9 Å². The highest BCUT2D eigenvalue weighted by atomic mass is 16.5. The zero-order valence-corrected chi connectivity index (χ0v) is 15.2. The fourth-order valence-corrected chi connectivity index (χ4v) is 3.32. The van der Waals surface area contributed by atoms with Gasteiger partial charge in [-0.1, -0.05) is 18.2 Å². The lowest BCUT2D eigenvalue weighted by molar-refractivity contribution is -0.131. The van der Waals surface area contributed by atoms with Gasteiger partial charge in [0.15, 0.2) is 0 Å². The molecule has 1 saturated heterocycles. The van der Waals surface area contributed by atoms with E-state index in [1.54, 1.807) is 31.3 Å². The smallest absolute Gasteiger partial charge is 0.237 e. The molecule has 1 aliphatic heterocycles. The molecule has 1 fully saturated rings. The summed E-state index contributed by atoms with van der Waals surface area (Å²) < 4.78 is 10.8. The highest BCUT2D eigenvalue weighted by Gasteiger charge is 2.30. The molecule has 5 heteroatoms. The molecule has 1 atom stereocenters. The number of likely N-dealkylation sites (tertiary alicyclic amines) is 1. The molecule has 1 heterocycles. The SMILES string of the molecule is C=CCN(CC=C)C(=O)CN1CCCC1c1ccc(OC)cc1OC. The van der Waals surface area contributed by atoms with E-state index >= 15 is 0 Å². The summed E-state index contributed by atoms with van der Waals surface area (Å²) in [5.41, 5.74) is 1.10. The van der Waals surface area contributed by atoms with Crippen molar-refractivity contribution >= 4 is 5.91 Å². The first kappa shape index (κ1) is 19.1. The summed E-state index contributed by atoms with van der Waals surface area (Å²) in [5.74, 6) is 1.67. The molecule has 0 N–H and O–H groups in total. The van der Waals surface area contributed by atoms with Gasteiger partial charge in [0.2, 0.25) is 5.91 Å². The van der Waals surface area contributed by atoms with E-state index in [0.717, 1.165) is 36.4 Å². The lowest BCUT2D eigenvalue weighted by Crippen LogP contribution is -2.40. The van der Waals surface area contributed by atoms with Crippen LogP contribution < -0.4 is 9.47 Å². The number of rotatable bonds is 9. The molecule has 1 aliphatic rings. The third-order valence-corrected chi connectivity index (χ3v) is 4.55. The second-order valence-corrected chi connectivity index (χ2v) is 6.11. The average Bonchev–Trinajstić information content (AvgIpc) is 3.08. The average molecular weight is 344 g/mol. The largest absolute Gasteiger partial charge is 0.497 e. The molecular formula is C20H28N2O3. The van der Waals surface area contributed by atoms with E-state index in [1.165, 1.54) is 0 Å². The van der Waals surface area contributed by atoms with Gasteiger partial charge >= 0.3 is 0 Å². The molecule has 0 saturated carbocycles. The monoisotopic (exact) mass is 344 g/mol. The lowest BCUT2D eigenvalue weighted by atomic mass is 10.0. The summed E-state index contributed by atoms with van der Waals surface area (Å²) >= 11 is 0. The van der Waals surface area contributed by atoms with E-state index in [1.807, 2.05) is 18.2 Å². The van der Waals surface area contributed by atoms with Gasteiger partial charge in [0.1, 0.15) is 11.5 Å². The van der Waals surface area contributed by atoms with Crippen LogP contribution in [-0.4, -0.2) is 56.1 Å². The first-order valence-corrected chi connectivity index (χ1v) is 8.60. The van der Waals surface area contributed by atoms with Crippen LogP contribution in [0.3, 0.4) is 0 Å². The minimum absolute atomic E-state index is 0.0965. The quantitative estimate of drug-likeness (QED) is 0.646. The van der Waals surface area contributed by atoms with E-state index in [-0.39, 0.29) is 11.9 Å². The molecule has 1 aromatic rings. The topological polar surface area (TPSA) is 42.0 Å². The van der Waals surface area contributed by atoms with Crippen LogP contribution in [-0.2, 0) is 4.79 Å². The Hall–Kier alpha value is -2.27. The Balaban J connectivity index is 2.15. The van der Waals surface area contributed by atoms with E-state index in [4.69, 9.17) is 9.47 Å². The first-order chi connectivity index (χ1) is 12.1. The van der Waals surface area contributed by atoms with Crippen molar-refractivity contribution in [1.29, 1.82) is 0 Å². The van der Waals surface area contributed by atoms with Gasteiger partial charge in [-0.25, -0.2) is 0 Å². The molecule has 136 valence electrons. The summed E-state index contributed by atoms with van der Waals surface area (Å²) in [6, 6.07) is 6.06.